The lowest BCUT2D eigenvalue weighted by Gasteiger charge is -2.24. The van der Waals surface area contributed by atoms with E-state index >= 15 is 0 Å². The molecule has 2 heterocycles. The molecule has 1 saturated heterocycles. The molecule has 2 aromatic rings. The van der Waals surface area contributed by atoms with Gasteiger partial charge >= 0.3 is 6.36 Å². The molecule has 1 aliphatic rings. The van der Waals surface area contributed by atoms with Gasteiger partial charge in [-0.1, -0.05) is 6.07 Å². The molecule has 1 atom stereocenters. The normalized spacial score (nSPS) is 17.6. The number of nitrogens with one attached hydrogen (secondary N) is 1. The Labute approximate surface area is 147 Å². The number of carbonyl (C=O) groups is 1. The fourth-order valence-electron chi connectivity index (χ4n) is 2.90. The first-order chi connectivity index (χ1) is 11.9. The molecule has 0 spiro atoms. The van der Waals surface area contributed by atoms with Gasteiger partial charge in [0, 0.05) is 17.1 Å². The zero-order valence-corrected chi connectivity index (χ0v) is 14.1. The van der Waals surface area contributed by atoms with Crippen molar-refractivity contribution in [3.05, 3.63) is 46.7 Å². The molecule has 1 amide bonds. The highest BCUT2D eigenvalue weighted by atomic mass is 32.1. The number of hydrogen-bond acceptors (Lipinski definition) is 4. The van der Waals surface area contributed by atoms with Gasteiger partial charge in [-0.15, -0.1) is 24.5 Å². The SMILES string of the molecule is O=C(CNc1ccc(OC(F)(F)F)cc1)N1CCC[C@@H]1c1cccs1. The summed E-state index contributed by atoms with van der Waals surface area (Å²) in [4.78, 5) is 15.5. The summed E-state index contributed by atoms with van der Waals surface area (Å²) in [6.45, 7) is 0.822. The number of alkyl halides is 3. The quantitative estimate of drug-likeness (QED) is 0.847. The average molecular weight is 370 g/mol. The summed E-state index contributed by atoms with van der Waals surface area (Å²) in [6.07, 6.45) is -2.79. The summed E-state index contributed by atoms with van der Waals surface area (Å²) in [7, 11) is 0. The first kappa shape index (κ1) is 17.6. The highest BCUT2D eigenvalue weighted by Crippen LogP contribution is 2.34. The van der Waals surface area contributed by atoms with Crippen LogP contribution in [0.4, 0.5) is 18.9 Å². The van der Waals surface area contributed by atoms with E-state index < -0.39 is 6.36 Å². The molecule has 1 N–H and O–H groups in total. The van der Waals surface area contributed by atoms with E-state index in [4.69, 9.17) is 0 Å². The van der Waals surface area contributed by atoms with Crippen LogP contribution in [0.2, 0.25) is 0 Å². The molecule has 1 aliphatic heterocycles. The zero-order valence-electron chi connectivity index (χ0n) is 13.3. The van der Waals surface area contributed by atoms with E-state index in [1.54, 1.807) is 11.3 Å². The van der Waals surface area contributed by atoms with E-state index in [0.717, 1.165) is 19.4 Å². The van der Waals surface area contributed by atoms with Crippen LogP contribution in [0.5, 0.6) is 5.75 Å². The van der Waals surface area contributed by atoms with Crippen molar-refractivity contribution in [1.29, 1.82) is 0 Å². The van der Waals surface area contributed by atoms with Crippen LogP contribution in [0, 0.1) is 0 Å². The summed E-state index contributed by atoms with van der Waals surface area (Å²) in [5, 5.41) is 4.95. The number of halogens is 3. The van der Waals surface area contributed by atoms with Crippen molar-refractivity contribution in [1.82, 2.24) is 4.90 Å². The standard InChI is InChI=1S/C17H17F3N2O2S/c18-17(19,20)24-13-7-5-12(6-8-13)21-11-16(23)22-9-1-3-14(22)15-4-2-10-25-15/h2,4-8,10,14,21H,1,3,9,11H2/t14-/m1/s1. The fourth-order valence-corrected chi connectivity index (χ4v) is 3.77. The second-order valence-electron chi connectivity index (χ2n) is 5.69. The van der Waals surface area contributed by atoms with Crippen molar-refractivity contribution < 1.29 is 22.7 Å². The second-order valence-corrected chi connectivity index (χ2v) is 6.67. The third kappa shape index (κ3) is 4.66. The fraction of sp³-hybridized carbons (Fsp3) is 0.353. The average Bonchev–Trinajstić information content (AvgIpc) is 3.23. The minimum Gasteiger partial charge on any atom is -0.406 e. The Morgan fingerprint density at radius 3 is 2.68 bits per heavy atom. The molecule has 4 nitrogen and oxygen atoms in total. The van der Waals surface area contributed by atoms with E-state index in [0.29, 0.717) is 5.69 Å². The molecule has 0 aliphatic carbocycles. The van der Waals surface area contributed by atoms with Gasteiger partial charge in [-0.25, -0.2) is 0 Å². The van der Waals surface area contributed by atoms with Gasteiger partial charge < -0.3 is 15.0 Å². The van der Waals surface area contributed by atoms with Crippen molar-refractivity contribution in [3.63, 3.8) is 0 Å². The van der Waals surface area contributed by atoms with Gasteiger partial charge in [0.05, 0.1) is 12.6 Å². The van der Waals surface area contributed by atoms with Crippen molar-refractivity contribution in [2.24, 2.45) is 0 Å². The van der Waals surface area contributed by atoms with Crippen molar-refractivity contribution in [2.45, 2.75) is 25.2 Å². The van der Waals surface area contributed by atoms with Crippen molar-refractivity contribution >= 4 is 22.9 Å². The second kappa shape index (κ2) is 7.35. The Kier molecular flexibility index (Phi) is 5.17. The Bertz CT molecular complexity index is 702. The van der Waals surface area contributed by atoms with Gasteiger partial charge in [0.2, 0.25) is 5.91 Å². The van der Waals surface area contributed by atoms with Crippen LogP contribution in [0.3, 0.4) is 0 Å². The number of nitrogens with zero attached hydrogens (tertiary/aromatic N) is 1. The summed E-state index contributed by atoms with van der Waals surface area (Å²) in [5.74, 6) is -0.312. The number of amides is 1. The highest BCUT2D eigenvalue weighted by molar-refractivity contribution is 7.10. The Morgan fingerprint density at radius 2 is 2.04 bits per heavy atom. The number of carbonyl (C=O) groups excluding carboxylic acids is 1. The molecule has 134 valence electrons. The highest BCUT2D eigenvalue weighted by Gasteiger charge is 2.31. The minimum absolute atomic E-state index is 0.0217. The number of benzene rings is 1. The van der Waals surface area contributed by atoms with Crippen LogP contribution in [0.1, 0.15) is 23.8 Å². The third-order valence-corrected chi connectivity index (χ3v) is 4.95. The van der Waals surface area contributed by atoms with E-state index in [1.807, 2.05) is 22.4 Å². The molecule has 8 heteroatoms. The van der Waals surface area contributed by atoms with Crippen LogP contribution >= 0.6 is 11.3 Å². The van der Waals surface area contributed by atoms with Crippen LogP contribution in [-0.2, 0) is 4.79 Å². The molecular formula is C17H17F3N2O2S. The summed E-state index contributed by atoms with van der Waals surface area (Å²) < 4.78 is 40.2. The van der Waals surface area contributed by atoms with Crippen molar-refractivity contribution in [3.8, 4) is 5.75 Å². The zero-order chi connectivity index (χ0) is 17.9. The lowest BCUT2D eigenvalue weighted by atomic mass is 10.2. The molecule has 1 aromatic carbocycles. The van der Waals surface area contributed by atoms with E-state index in [9.17, 15) is 18.0 Å². The third-order valence-electron chi connectivity index (χ3n) is 3.98. The lowest BCUT2D eigenvalue weighted by Crippen LogP contribution is -2.34. The largest absolute Gasteiger partial charge is 0.573 e. The van der Waals surface area contributed by atoms with Crippen LogP contribution in [0.25, 0.3) is 0 Å². The maximum atomic E-state index is 12.5. The molecule has 25 heavy (non-hydrogen) atoms. The Hall–Kier alpha value is -2.22. The van der Waals surface area contributed by atoms with Crippen LogP contribution in [0.15, 0.2) is 41.8 Å². The van der Waals surface area contributed by atoms with Gasteiger partial charge in [-0.2, -0.15) is 0 Å². The Balaban J connectivity index is 1.55. The van der Waals surface area contributed by atoms with Gasteiger partial charge in [-0.3, -0.25) is 4.79 Å². The Morgan fingerprint density at radius 1 is 1.28 bits per heavy atom. The maximum absolute atomic E-state index is 12.5. The maximum Gasteiger partial charge on any atom is 0.573 e. The molecule has 1 fully saturated rings. The minimum atomic E-state index is -4.71. The number of likely N-dealkylation sites (tertiary alicyclic amines) is 1. The van der Waals surface area contributed by atoms with E-state index in [-0.39, 0.29) is 24.2 Å². The molecule has 0 saturated carbocycles. The van der Waals surface area contributed by atoms with E-state index in [2.05, 4.69) is 10.1 Å². The molecule has 0 unspecified atom stereocenters. The van der Waals surface area contributed by atoms with Gasteiger partial charge in [0.25, 0.3) is 0 Å². The summed E-state index contributed by atoms with van der Waals surface area (Å²) in [6, 6.07) is 9.47. The molecule has 0 radical (unpaired) electrons. The monoisotopic (exact) mass is 370 g/mol. The summed E-state index contributed by atoms with van der Waals surface area (Å²) in [5.41, 5.74) is 0.565. The molecular weight excluding hydrogens is 353 g/mol. The number of rotatable bonds is 5. The predicted molar refractivity (Wildman–Crippen MR) is 89.6 cm³/mol. The topological polar surface area (TPSA) is 41.6 Å². The molecule has 1 aromatic heterocycles. The van der Waals surface area contributed by atoms with Crippen LogP contribution in [-0.4, -0.2) is 30.3 Å². The molecule has 0 bridgehead atoms. The van der Waals surface area contributed by atoms with Gasteiger partial charge in [0.1, 0.15) is 5.75 Å². The first-order valence-corrected chi connectivity index (χ1v) is 8.73. The van der Waals surface area contributed by atoms with Crippen molar-refractivity contribution in [2.75, 3.05) is 18.4 Å². The number of hydrogen-bond donors (Lipinski definition) is 1. The van der Waals surface area contributed by atoms with Gasteiger partial charge in [-0.05, 0) is 48.6 Å². The lowest BCUT2D eigenvalue weighted by molar-refractivity contribution is -0.274. The first-order valence-electron chi connectivity index (χ1n) is 7.85. The summed E-state index contributed by atoms with van der Waals surface area (Å²) >= 11 is 1.64. The molecule has 3 rings (SSSR count). The van der Waals surface area contributed by atoms with Crippen LogP contribution < -0.4 is 10.1 Å². The smallest absolute Gasteiger partial charge is 0.406 e. The number of anilines is 1. The predicted octanol–water partition coefficient (Wildman–Crippen LogP) is 4.42. The van der Waals surface area contributed by atoms with Gasteiger partial charge in [0.15, 0.2) is 0 Å². The number of thiophene rings is 1. The number of ether oxygens (including phenoxy) is 1. The van der Waals surface area contributed by atoms with E-state index in [1.165, 1.54) is 29.1 Å².